The third kappa shape index (κ3) is 2.69. The van der Waals surface area contributed by atoms with Gasteiger partial charge >= 0.3 is 6.18 Å². The molecule has 2 aromatic heterocycles. The van der Waals surface area contributed by atoms with E-state index in [1.165, 1.54) is 17.4 Å². The number of thiophene rings is 1. The van der Waals surface area contributed by atoms with Crippen LogP contribution < -0.4 is 11.3 Å². The standard InChI is InChI=1S/C11H10F3N3S/c12-11(13,14)8-1-2-9(16-5-8)10(17-15)7-3-4-18-6-7/h1-6,10,17H,15H2. The number of hydrogen-bond donors (Lipinski definition) is 2. The predicted octanol–water partition coefficient (Wildman–Crippen LogP) is 2.71. The van der Waals surface area contributed by atoms with Crippen molar-refractivity contribution in [3.8, 4) is 0 Å². The molecule has 18 heavy (non-hydrogen) atoms. The molecule has 0 saturated carbocycles. The first kappa shape index (κ1) is 13.0. The zero-order chi connectivity index (χ0) is 13.2. The fraction of sp³-hybridized carbons (Fsp3) is 0.182. The van der Waals surface area contributed by atoms with Crippen molar-refractivity contribution in [1.82, 2.24) is 10.4 Å². The number of hydrogen-bond acceptors (Lipinski definition) is 4. The Morgan fingerprint density at radius 2 is 2.06 bits per heavy atom. The monoisotopic (exact) mass is 273 g/mol. The highest BCUT2D eigenvalue weighted by atomic mass is 32.1. The van der Waals surface area contributed by atoms with E-state index >= 15 is 0 Å². The topological polar surface area (TPSA) is 50.9 Å². The molecule has 0 fully saturated rings. The number of rotatable bonds is 3. The third-order valence-corrected chi connectivity index (χ3v) is 3.15. The van der Waals surface area contributed by atoms with Crippen LogP contribution in [0, 0.1) is 0 Å². The van der Waals surface area contributed by atoms with Gasteiger partial charge in [-0.1, -0.05) is 0 Å². The molecule has 1 atom stereocenters. The predicted molar refractivity (Wildman–Crippen MR) is 62.7 cm³/mol. The summed E-state index contributed by atoms with van der Waals surface area (Å²) in [5.41, 5.74) is 3.09. The lowest BCUT2D eigenvalue weighted by Crippen LogP contribution is -2.29. The van der Waals surface area contributed by atoms with Crippen molar-refractivity contribution in [2.24, 2.45) is 5.84 Å². The van der Waals surface area contributed by atoms with Crippen molar-refractivity contribution in [1.29, 1.82) is 0 Å². The number of halogens is 3. The van der Waals surface area contributed by atoms with Gasteiger partial charge in [-0.2, -0.15) is 24.5 Å². The Bertz CT molecular complexity index is 493. The minimum absolute atomic E-state index is 0.404. The van der Waals surface area contributed by atoms with Gasteiger partial charge < -0.3 is 0 Å². The van der Waals surface area contributed by atoms with Gasteiger partial charge in [0, 0.05) is 6.20 Å². The van der Waals surface area contributed by atoms with Gasteiger partial charge in [0.15, 0.2) is 0 Å². The normalized spacial score (nSPS) is 13.6. The molecule has 3 nitrogen and oxygen atoms in total. The Morgan fingerprint density at radius 3 is 2.50 bits per heavy atom. The molecule has 2 aromatic rings. The first-order valence-electron chi connectivity index (χ1n) is 5.03. The van der Waals surface area contributed by atoms with E-state index in [-0.39, 0.29) is 0 Å². The van der Waals surface area contributed by atoms with Crippen molar-refractivity contribution in [2.45, 2.75) is 12.2 Å². The number of nitrogens with zero attached hydrogens (tertiary/aromatic N) is 1. The molecule has 0 aromatic carbocycles. The van der Waals surface area contributed by atoms with Crippen molar-refractivity contribution in [3.63, 3.8) is 0 Å². The molecule has 7 heteroatoms. The maximum absolute atomic E-state index is 12.4. The fourth-order valence-corrected chi connectivity index (χ4v) is 2.22. The smallest absolute Gasteiger partial charge is 0.271 e. The van der Waals surface area contributed by atoms with E-state index in [4.69, 9.17) is 5.84 Å². The highest BCUT2D eigenvalue weighted by Crippen LogP contribution is 2.29. The van der Waals surface area contributed by atoms with Crippen LogP contribution >= 0.6 is 11.3 Å². The van der Waals surface area contributed by atoms with Crippen LogP contribution in [0.25, 0.3) is 0 Å². The van der Waals surface area contributed by atoms with Crippen LogP contribution in [0.3, 0.4) is 0 Å². The first-order chi connectivity index (χ1) is 8.52. The van der Waals surface area contributed by atoms with E-state index in [1.807, 2.05) is 16.8 Å². The van der Waals surface area contributed by atoms with E-state index in [1.54, 1.807) is 0 Å². The molecule has 0 aliphatic heterocycles. The highest BCUT2D eigenvalue weighted by Gasteiger charge is 2.31. The van der Waals surface area contributed by atoms with Crippen molar-refractivity contribution in [2.75, 3.05) is 0 Å². The molecule has 0 saturated heterocycles. The summed E-state index contributed by atoms with van der Waals surface area (Å²) in [4.78, 5) is 3.81. The van der Waals surface area contributed by atoms with Gasteiger partial charge in [-0.25, -0.2) is 5.43 Å². The minimum atomic E-state index is -4.38. The summed E-state index contributed by atoms with van der Waals surface area (Å²) in [5.74, 6) is 5.41. The SMILES string of the molecule is NNC(c1ccsc1)c1ccc(C(F)(F)F)cn1. The van der Waals surface area contributed by atoms with E-state index in [9.17, 15) is 13.2 Å². The van der Waals surface area contributed by atoms with Gasteiger partial charge in [0.25, 0.3) is 0 Å². The van der Waals surface area contributed by atoms with Crippen molar-refractivity contribution < 1.29 is 13.2 Å². The maximum Gasteiger partial charge on any atom is 0.417 e. The molecular formula is C11H10F3N3S. The molecule has 96 valence electrons. The zero-order valence-corrected chi connectivity index (χ0v) is 9.92. The number of nitrogens with two attached hydrogens (primary N) is 1. The molecule has 0 radical (unpaired) electrons. The molecule has 0 aliphatic carbocycles. The second-order valence-electron chi connectivity index (χ2n) is 3.63. The average Bonchev–Trinajstić information content (AvgIpc) is 2.83. The zero-order valence-electron chi connectivity index (χ0n) is 9.11. The molecule has 0 aliphatic rings. The Balaban J connectivity index is 2.28. The summed E-state index contributed by atoms with van der Waals surface area (Å²) in [6.45, 7) is 0. The van der Waals surface area contributed by atoms with Gasteiger partial charge in [0.05, 0.1) is 17.3 Å². The Morgan fingerprint density at radius 1 is 1.28 bits per heavy atom. The third-order valence-electron chi connectivity index (χ3n) is 2.45. The summed E-state index contributed by atoms with van der Waals surface area (Å²) in [5, 5.41) is 3.73. The van der Waals surface area contributed by atoms with Crippen LogP contribution in [0.5, 0.6) is 0 Å². The maximum atomic E-state index is 12.4. The van der Waals surface area contributed by atoms with Crippen molar-refractivity contribution in [3.05, 3.63) is 52.0 Å². The summed E-state index contributed by atoms with van der Waals surface area (Å²) < 4.78 is 37.2. The van der Waals surface area contributed by atoms with Crippen LogP contribution in [0.2, 0.25) is 0 Å². The second kappa shape index (κ2) is 5.05. The van der Waals surface area contributed by atoms with E-state index in [2.05, 4.69) is 10.4 Å². The first-order valence-corrected chi connectivity index (χ1v) is 5.98. The van der Waals surface area contributed by atoms with E-state index in [0.717, 1.165) is 17.8 Å². The molecule has 0 amide bonds. The molecule has 2 rings (SSSR count). The van der Waals surface area contributed by atoms with E-state index < -0.39 is 17.8 Å². The van der Waals surface area contributed by atoms with Crippen LogP contribution in [-0.4, -0.2) is 4.98 Å². The van der Waals surface area contributed by atoms with Gasteiger partial charge in [0.2, 0.25) is 0 Å². The van der Waals surface area contributed by atoms with Crippen LogP contribution in [0.15, 0.2) is 35.2 Å². The lowest BCUT2D eigenvalue weighted by molar-refractivity contribution is -0.137. The Labute approximate surface area is 105 Å². The molecule has 0 spiro atoms. The minimum Gasteiger partial charge on any atom is -0.271 e. The average molecular weight is 273 g/mol. The molecule has 1 unspecified atom stereocenters. The highest BCUT2D eigenvalue weighted by molar-refractivity contribution is 7.08. The Kier molecular flexibility index (Phi) is 3.65. The van der Waals surface area contributed by atoms with Gasteiger partial charge in [-0.3, -0.25) is 10.8 Å². The molecule has 3 N–H and O–H groups in total. The second-order valence-corrected chi connectivity index (χ2v) is 4.41. The molecular weight excluding hydrogens is 263 g/mol. The molecule has 0 bridgehead atoms. The van der Waals surface area contributed by atoms with Gasteiger partial charge in [-0.05, 0) is 34.5 Å². The summed E-state index contributed by atoms with van der Waals surface area (Å²) in [6, 6.07) is 3.76. The number of nitrogens with one attached hydrogen (secondary N) is 1. The summed E-state index contributed by atoms with van der Waals surface area (Å²) >= 11 is 1.48. The van der Waals surface area contributed by atoms with Crippen molar-refractivity contribution >= 4 is 11.3 Å². The molecule has 2 heterocycles. The van der Waals surface area contributed by atoms with Gasteiger partial charge in [0.1, 0.15) is 0 Å². The quantitative estimate of drug-likeness (QED) is 0.668. The Hall–Kier alpha value is -1.44. The largest absolute Gasteiger partial charge is 0.417 e. The number of alkyl halides is 3. The van der Waals surface area contributed by atoms with E-state index in [0.29, 0.717) is 5.69 Å². The summed E-state index contributed by atoms with van der Waals surface area (Å²) in [7, 11) is 0. The van der Waals surface area contributed by atoms with Crippen LogP contribution in [0.4, 0.5) is 13.2 Å². The van der Waals surface area contributed by atoms with Crippen LogP contribution in [0.1, 0.15) is 22.9 Å². The summed E-state index contributed by atoms with van der Waals surface area (Å²) in [6.07, 6.45) is -3.56. The fourth-order valence-electron chi connectivity index (χ4n) is 1.54. The van der Waals surface area contributed by atoms with Gasteiger partial charge in [-0.15, -0.1) is 0 Å². The number of pyridine rings is 1. The lowest BCUT2D eigenvalue weighted by atomic mass is 10.1. The lowest BCUT2D eigenvalue weighted by Gasteiger charge is -2.15. The number of hydrazine groups is 1. The van der Waals surface area contributed by atoms with Crippen LogP contribution in [-0.2, 0) is 6.18 Å². The number of aromatic nitrogens is 1.